The number of ether oxygens (including phenoxy) is 1. The first kappa shape index (κ1) is 14.1. The van der Waals surface area contributed by atoms with Crippen molar-refractivity contribution in [1.82, 2.24) is 0 Å². The molecule has 96 valence electrons. The van der Waals surface area contributed by atoms with Crippen LogP contribution in [0.1, 0.15) is 13.3 Å². The van der Waals surface area contributed by atoms with Crippen LogP contribution >= 0.6 is 11.6 Å². The minimum atomic E-state index is -2.91. The zero-order chi connectivity index (χ0) is 12.9. The van der Waals surface area contributed by atoms with Gasteiger partial charge in [-0.15, -0.1) is 0 Å². The third-order valence-electron chi connectivity index (χ3n) is 2.28. The molecule has 17 heavy (non-hydrogen) atoms. The number of sulfone groups is 1. The zero-order valence-corrected chi connectivity index (χ0v) is 11.2. The SMILES string of the molecule is CCS(=O)(=O)CCCOc1ccc(N)c(Cl)c1. The Labute approximate surface area is 107 Å². The van der Waals surface area contributed by atoms with Gasteiger partial charge in [-0.1, -0.05) is 18.5 Å². The first-order valence-electron chi connectivity index (χ1n) is 5.33. The predicted octanol–water partition coefficient (Wildman–Crippen LogP) is 2.13. The van der Waals surface area contributed by atoms with Crippen molar-refractivity contribution < 1.29 is 13.2 Å². The van der Waals surface area contributed by atoms with E-state index in [9.17, 15) is 8.42 Å². The Morgan fingerprint density at radius 1 is 1.41 bits per heavy atom. The first-order chi connectivity index (χ1) is 7.94. The van der Waals surface area contributed by atoms with Crippen LogP contribution in [0.4, 0.5) is 5.69 Å². The Morgan fingerprint density at radius 2 is 2.12 bits per heavy atom. The van der Waals surface area contributed by atoms with Crippen molar-refractivity contribution in [2.75, 3.05) is 23.8 Å². The Kier molecular flexibility index (Phi) is 5.08. The molecule has 0 amide bonds. The standard InChI is InChI=1S/C11H16ClNO3S/c1-2-17(14,15)7-3-6-16-9-4-5-11(13)10(12)8-9/h4-5,8H,2-3,6-7,13H2,1H3. The van der Waals surface area contributed by atoms with Gasteiger partial charge in [-0.25, -0.2) is 8.42 Å². The van der Waals surface area contributed by atoms with Gasteiger partial charge >= 0.3 is 0 Å². The molecule has 0 aliphatic heterocycles. The molecule has 0 saturated carbocycles. The second-order valence-electron chi connectivity index (χ2n) is 3.62. The molecule has 0 unspecified atom stereocenters. The van der Waals surface area contributed by atoms with Gasteiger partial charge in [0.05, 0.1) is 23.1 Å². The molecule has 0 aliphatic carbocycles. The molecule has 4 nitrogen and oxygen atoms in total. The van der Waals surface area contributed by atoms with Gasteiger partial charge in [-0.2, -0.15) is 0 Å². The largest absolute Gasteiger partial charge is 0.494 e. The number of nitrogen functional groups attached to an aromatic ring is 1. The van der Waals surface area contributed by atoms with Crippen LogP contribution < -0.4 is 10.5 Å². The molecule has 0 atom stereocenters. The van der Waals surface area contributed by atoms with E-state index in [1.54, 1.807) is 25.1 Å². The maximum absolute atomic E-state index is 11.2. The van der Waals surface area contributed by atoms with Crippen molar-refractivity contribution in [3.63, 3.8) is 0 Å². The Balaban J connectivity index is 2.39. The van der Waals surface area contributed by atoms with Crippen molar-refractivity contribution >= 4 is 27.1 Å². The molecule has 0 aromatic heterocycles. The summed E-state index contributed by atoms with van der Waals surface area (Å²) in [6, 6.07) is 4.97. The number of hydrogen-bond donors (Lipinski definition) is 1. The van der Waals surface area contributed by atoms with Gasteiger partial charge in [0.2, 0.25) is 0 Å². The lowest BCUT2D eigenvalue weighted by atomic mass is 10.3. The fourth-order valence-electron chi connectivity index (χ4n) is 1.21. The van der Waals surface area contributed by atoms with Crippen LogP contribution in [0.2, 0.25) is 5.02 Å². The smallest absolute Gasteiger partial charge is 0.150 e. The lowest BCUT2D eigenvalue weighted by molar-refractivity contribution is 0.318. The summed E-state index contributed by atoms with van der Waals surface area (Å²) in [7, 11) is -2.91. The highest BCUT2D eigenvalue weighted by atomic mass is 35.5. The van der Waals surface area contributed by atoms with Gasteiger partial charge < -0.3 is 10.5 Å². The number of hydrogen-bond acceptors (Lipinski definition) is 4. The number of anilines is 1. The van der Waals surface area contributed by atoms with E-state index >= 15 is 0 Å². The molecule has 1 aromatic carbocycles. The Bertz CT molecular complexity index is 474. The lowest BCUT2D eigenvalue weighted by Gasteiger charge is -2.07. The van der Waals surface area contributed by atoms with E-state index in [4.69, 9.17) is 22.1 Å². The Morgan fingerprint density at radius 3 is 2.71 bits per heavy atom. The van der Waals surface area contributed by atoms with Crippen LogP contribution in [-0.2, 0) is 9.84 Å². The molecule has 1 rings (SSSR count). The van der Waals surface area contributed by atoms with Crippen LogP contribution in [0, 0.1) is 0 Å². The number of halogens is 1. The summed E-state index contributed by atoms with van der Waals surface area (Å²) in [5.74, 6) is 0.908. The molecule has 0 aliphatic rings. The van der Waals surface area contributed by atoms with Crippen LogP contribution in [0.3, 0.4) is 0 Å². The third-order valence-corrected chi connectivity index (χ3v) is 4.40. The molecule has 0 saturated heterocycles. The van der Waals surface area contributed by atoms with Crippen molar-refractivity contribution in [1.29, 1.82) is 0 Å². The van der Waals surface area contributed by atoms with Gasteiger partial charge in [0.15, 0.2) is 0 Å². The summed E-state index contributed by atoms with van der Waals surface area (Å²) >= 11 is 5.82. The molecular weight excluding hydrogens is 262 g/mol. The minimum Gasteiger partial charge on any atom is -0.494 e. The average Bonchev–Trinajstić information content (AvgIpc) is 2.29. The summed E-state index contributed by atoms with van der Waals surface area (Å²) in [6.45, 7) is 1.98. The van der Waals surface area contributed by atoms with E-state index in [1.807, 2.05) is 0 Å². The van der Waals surface area contributed by atoms with E-state index in [0.29, 0.717) is 29.5 Å². The third kappa shape index (κ3) is 4.83. The molecule has 0 fully saturated rings. The molecule has 2 N–H and O–H groups in total. The summed E-state index contributed by atoms with van der Waals surface area (Å²) in [6.07, 6.45) is 0.470. The lowest BCUT2D eigenvalue weighted by Crippen LogP contribution is -2.11. The van der Waals surface area contributed by atoms with E-state index in [-0.39, 0.29) is 11.5 Å². The van der Waals surface area contributed by atoms with Crippen LogP contribution in [0.25, 0.3) is 0 Å². The van der Waals surface area contributed by atoms with Gasteiger partial charge in [0.25, 0.3) is 0 Å². The van der Waals surface area contributed by atoms with E-state index in [2.05, 4.69) is 0 Å². The second kappa shape index (κ2) is 6.12. The summed E-state index contributed by atoms with van der Waals surface area (Å²) in [5.41, 5.74) is 6.04. The normalized spacial score (nSPS) is 11.4. The predicted molar refractivity (Wildman–Crippen MR) is 70.3 cm³/mol. The van der Waals surface area contributed by atoms with E-state index in [0.717, 1.165) is 0 Å². The van der Waals surface area contributed by atoms with Gasteiger partial charge in [0.1, 0.15) is 15.6 Å². The molecule has 0 heterocycles. The van der Waals surface area contributed by atoms with E-state index in [1.165, 1.54) is 0 Å². The number of benzene rings is 1. The van der Waals surface area contributed by atoms with Gasteiger partial charge in [-0.05, 0) is 18.6 Å². The van der Waals surface area contributed by atoms with Crippen LogP contribution in [0.5, 0.6) is 5.75 Å². The zero-order valence-electron chi connectivity index (χ0n) is 9.65. The van der Waals surface area contributed by atoms with Crippen LogP contribution in [-0.4, -0.2) is 26.5 Å². The van der Waals surface area contributed by atoms with Crippen molar-refractivity contribution in [3.8, 4) is 5.75 Å². The maximum Gasteiger partial charge on any atom is 0.150 e. The molecule has 0 bridgehead atoms. The first-order valence-corrected chi connectivity index (χ1v) is 7.53. The average molecular weight is 278 g/mol. The molecular formula is C11H16ClNO3S. The molecule has 1 aromatic rings. The number of nitrogens with two attached hydrogens (primary N) is 1. The second-order valence-corrected chi connectivity index (χ2v) is 6.50. The maximum atomic E-state index is 11.2. The highest BCUT2D eigenvalue weighted by molar-refractivity contribution is 7.91. The monoisotopic (exact) mass is 277 g/mol. The van der Waals surface area contributed by atoms with Crippen LogP contribution in [0.15, 0.2) is 18.2 Å². The number of rotatable bonds is 6. The fourth-order valence-corrected chi connectivity index (χ4v) is 2.23. The summed E-state index contributed by atoms with van der Waals surface area (Å²) in [5, 5.41) is 0.434. The Hall–Kier alpha value is -0.940. The van der Waals surface area contributed by atoms with Crippen molar-refractivity contribution in [2.45, 2.75) is 13.3 Å². The fraction of sp³-hybridized carbons (Fsp3) is 0.455. The summed E-state index contributed by atoms with van der Waals surface area (Å²) in [4.78, 5) is 0. The van der Waals surface area contributed by atoms with Crippen molar-refractivity contribution in [2.24, 2.45) is 0 Å². The highest BCUT2D eigenvalue weighted by Crippen LogP contribution is 2.24. The van der Waals surface area contributed by atoms with E-state index < -0.39 is 9.84 Å². The van der Waals surface area contributed by atoms with Gasteiger partial charge in [0, 0.05) is 11.8 Å². The quantitative estimate of drug-likeness (QED) is 0.639. The van der Waals surface area contributed by atoms with Gasteiger partial charge in [-0.3, -0.25) is 0 Å². The molecule has 0 radical (unpaired) electrons. The molecule has 0 spiro atoms. The minimum absolute atomic E-state index is 0.145. The topological polar surface area (TPSA) is 69.4 Å². The summed E-state index contributed by atoms with van der Waals surface area (Å²) < 4.78 is 27.8. The highest BCUT2D eigenvalue weighted by Gasteiger charge is 2.06. The molecule has 6 heteroatoms. The van der Waals surface area contributed by atoms with Crippen molar-refractivity contribution in [3.05, 3.63) is 23.2 Å².